The Morgan fingerprint density at radius 2 is 2.03 bits per heavy atom. The number of hydrogen-bond acceptors (Lipinski definition) is 9. The number of nitrogens with one attached hydrogen (secondary N) is 2. The summed E-state index contributed by atoms with van der Waals surface area (Å²) in [5.41, 5.74) is 1.30. The standard InChI is InChI=1S/C24H29FN8O4/c1-26-24(35)21-15-33(32-30-21)14-16(25)2-3-17-4-5-22(31-29-17)28-23(34)13-18-12-20(6-9-27-18)37-19-7-10-36-11-8-19/h4-6,9,12,15-16,19H,2-3,7-8,10-11,13-14H2,1H3,(H,26,35)(H,28,31,34)/t16-/m1/s1. The molecule has 3 aromatic heterocycles. The van der Waals surface area contributed by atoms with E-state index in [0.29, 0.717) is 42.6 Å². The molecule has 0 aliphatic carbocycles. The second kappa shape index (κ2) is 12.8. The number of rotatable bonds is 11. The number of aromatic nitrogens is 6. The zero-order valence-corrected chi connectivity index (χ0v) is 20.5. The van der Waals surface area contributed by atoms with Crippen LogP contribution in [0.25, 0.3) is 0 Å². The Kier molecular flexibility index (Phi) is 9.03. The molecule has 1 aliphatic rings. The number of pyridine rings is 1. The van der Waals surface area contributed by atoms with Crippen LogP contribution >= 0.6 is 0 Å². The summed E-state index contributed by atoms with van der Waals surface area (Å²) in [7, 11) is 1.48. The van der Waals surface area contributed by atoms with E-state index in [9.17, 15) is 14.0 Å². The second-order valence-corrected chi connectivity index (χ2v) is 8.59. The summed E-state index contributed by atoms with van der Waals surface area (Å²) < 4.78 is 27.0. The van der Waals surface area contributed by atoms with E-state index in [1.807, 2.05) is 0 Å². The van der Waals surface area contributed by atoms with Crippen LogP contribution in [0.5, 0.6) is 5.75 Å². The Hall–Kier alpha value is -4.00. The summed E-state index contributed by atoms with van der Waals surface area (Å²) in [4.78, 5) is 28.2. The monoisotopic (exact) mass is 512 g/mol. The number of anilines is 1. The fourth-order valence-corrected chi connectivity index (χ4v) is 3.74. The molecule has 3 aromatic rings. The highest BCUT2D eigenvalue weighted by molar-refractivity contribution is 5.91. The molecule has 1 saturated heterocycles. The van der Waals surface area contributed by atoms with Crippen LogP contribution in [-0.2, 0) is 28.9 Å². The highest BCUT2D eigenvalue weighted by atomic mass is 19.1. The van der Waals surface area contributed by atoms with E-state index >= 15 is 0 Å². The lowest BCUT2D eigenvalue weighted by molar-refractivity contribution is -0.115. The van der Waals surface area contributed by atoms with E-state index < -0.39 is 6.17 Å². The van der Waals surface area contributed by atoms with Crippen LogP contribution in [0.2, 0.25) is 0 Å². The second-order valence-electron chi connectivity index (χ2n) is 8.59. The molecule has 2 N–H and O–H groups in total. The molecule has 13 heteroatoms. The van der Waals surface area contributed by atoms with Gasteiger partial charge in [0.2, 0.25) is 5.91 Å². The van der Waals surface area contributed by atoms with Crippen LogP contribution < -0.4 is 15.4 Å². The highest BCUT2D eigenvalue weighted by Gasteiger charge is 2.16. The van der Waals surface area contributed by atoms with Gasteiger partial charge in [-0.1, -0.05) is 5.21 Å². The van der Waals surface area contributed by atoms with Gasteiger partial charge < -0.3 is 20.1 Å². The minimum atomic E-state index is -1.21. The molecule has 4 rings (SSSR count). The molecule has 0 saturated carbocycles. The molecule has 0 radical (unpaired) electrons. The Balaban J connectivity index is 1.21. The third kappa shape index (κ3) is 8.00. The summed E-state index contributed by atoms with van der Waals surface area (Å²) in [5.74, 6) is 0.305. The minimum absolute atomic E-state index is 0.0269. The van der Waals surface area contributed by atoms with E-state index in [0.717, 1.165) is 12.8 Å². The van der Waals surface area contributed by atoms with Gasteiger partial charge in [-0.15, -0.1) is 10.2 Å². The Morgan fingerprint density at radius 1 is 1.19 bits per heavy atom. The molecule has 1 aliphatic heterocycles. The highest BCUT2D eigenvalue weighted by Crippen LogP contribution is 2.18. The maximum atomic E-state index is 14.4. The predicted molar refractivity (Wildman–Crippen MR) is 130 cm³/mol. The molecule has 2 amide bonds. The molecule has 1 fully saturated rings. The Bertz CT molecular complexity index is 1180. The molecule has 196 valence electrons. The number of aryl methyl sites for hydroxylation is 1. The van der Waals surface area contributed by atoms with E-state index in [1.54, 1.807) is 30.5 Å². The minimum Gasteiger partial charge on any atom is -0.490 e. The number of alkyl halides is 1. The molecular formula is C24H29FN8O4. The van der Waals surface area contributed by atoms with Crippen LogP contribution in [0.4, 0.5) is 10.2 Å². The lowest BCUT2D eigenvalue weighted by atomic mass is 10.1. The average molecular weight is 513 g/mol. The SMILES string of the molecule is CNC(=O)c1cn(C[C@H](F)CCc2ccc(NC(=O)Cc3cc(OC4CCOCC4)ccn3)nn2)nn1. The maximum absolute atomic E-state index is 14.4. The number of carbonyl (C=O) groups is 2. The van der Waals surface area contributed by atoms with Gasteiger partial charge in [-0.05, 0) is 31.0 Å². The van der Waals surface area contributed by atoms with Gasteiger partial charge in [-0.25, -0.2) is 9.07 Å². The predicted octanol–water partition coefficient (Wildman–Crippen LogP) is 1.53. The van der Waals surface area contributed by atoms with Gasteiger partial charge in [0.15, 0.2) is 11.5 Å². The molecule has 0 aromatic carbocycles. The van der Waals surface area contributed by atoms with Crippen molar-refractivity contribution < 1.29 is 23.5 Å². The number of nitrogens with zero attached hydrogens (tertiary/aromatic N) is 6. The summed E-state index contributed by atoms with van der Waals surface area (Å²) in [6.45, 7) is 1.34. The fourth-order valence-electron chi connectivity index (χ4n) is 3.74. The van der Waals surface area contributed by atoms with Gasteiger partial charge >= 0.3 is 0 Å². The van der Waals surface area contributed by atoms with Crippen LogP contribution in [-0.4, -0.2) is 74.5 Å². The zero-order valence-electron chi connectivity index (χ0n) is 20.5. The summed E-state index contributed by atoms with van der Waals surface area (Å²) in [5, 5.41) is 20.7. The first-order chi connectivity index (χ1) is 18.0. The molecular weight excluding hydrogens is 483 g/mol. The lowest BCUT2D eigenvalue weighted by Crippen LogP contribution is -2.26. The summed E-state index contributed by atoms with van der Waals surface area (Å²) >= 11 is 0. The van der Waals surface area contributed by atoms with Gasteiger partial charge in [-0.3, -0.25) is 14.6 Å². The van der Waals surface area contributed by atoms with Gasteiger partial charge in [0.05, 0.1) is 43.8 Å². The first-order valence-electron chi connectivity index (χ1n) is 12.1. The van der Waals surface area contributed by atoms with Crippen molar-refractivity contribution in [2.24, 2.45) is 0 Å². The van der Waals surface area contributed by atoms with Crippen molar-refractivity contribution in [2.75, 3.05) is 25.6 Å². The number of halogens is 1. The first-order valence-corrected chi connectivity index (χ1v) is 12.1. The Morgan fingerprint density at radius 3 is 2.78 bits per heavy atom. The number of hydrogen-bond donors (Lipinski definition) is 2. The van der Waals surface area contributed by atoms with E-state index in [-0.39, 0.29) is 43.0 Å². The van der Waals surface area contributed by atoms with Crippen LogP contribution in [0.3, 0.4) is 0 Å². The molecule has 0 spiro atoms. The maximum Gasteiger partial charge on any atom is 0.273 e. The lowest BCUT2D eigenvalue weighted by Gasteiger charge is -2.23. The zero-order chi connectivity index (χ0) is 26.0. The average Bonchev–Trinajstić information content (AvgIpc) is 3.37. The largest absolute Gasteiger partial charge is 0.490 e. The van der Waals surface area contributed by atoms with Gasteiger partial charge in [-0.2, -0.15) is 5.10 Å². The van der Waals surface area contributed by atoms with Crippen LogP contribution in [0, 0.1) is 0 Å². The van der Waals surface area contributed by atoms with Gasteiger partial charge in [0, 0.05) is 32.2 Å². The normalized spacial score (nSPS) is 14.6. The summed E-state index contributed by atoms with van der Waals surface area (Å²) in [6, 6.07) is 6.85. The smallest absolute Gasteiger partial charge is 0.273 e. The number of amides is 2. The first kappa shape index (κ1) is 26.1. The number of carbonyl (C=O) groups excluding carboxylic acids is 2. The van der Waals surface area contributed by atoms with Gasteiger partial charge in [0.1, 0.15) is 18.0 Å². The van der Waals surface area contributed by atoms with Crippen molar-refractivity contribution in [1.29, 1.82) is 0 Å². The molecule has 1 atom stereocenters. The number of ether oxygens (including phenoxy) is 2. The topological polar surface area (TPSA) is 146 Å². The van der Waals surface area contributed by atoms with Crippen LogP contribution in [0.15, 0.2) is 36.7 Å². The fraction of sp³-hybridized carbons (Fsp3) is 0.458. The van der Waals surface area contributed by atoms with Gasteiger partial charge in [0.25, 0.3) is 5.91 Å². The molecule has 0 unspecified atom stereocenters. The Labute approximate surface area is 213 Å². The van der Waals surface area contributed by atoms with Crippen LogP contribution in [0.1, 0.15) is 41.1 Å². The van der Waals surface area contributed by atoms with E-state index in [2.05, 4.69) is 36.1 Å². The molecule has 4 heterocycles. The van der Waals surface area contributed by atoms with E-state index in [1.165, 1.54) is 17.9 Å². The third-order valence-corrected chi connectivity index (χ3v) is 5.69. The van der Waals surface area contributed by atoms with Crippen molar-refractivity contribution in [3.63, 3.8) is 0 Å². The van der Waals surface area contributed by atoms with Crippen molar-refractivity contribution in [3.05, 3.63) is 53.7 Å². The third-order valence-electron chi connectivity index (χ3n) is 5.69. The van der Waals surface area contributed by atoms with Crippen molar-refractivity contribution in [2.45, 2.75) is 50.9 Å². The molecule has 37 heavy (non-hydrogen) atoms. The van der Waals surface area contributed by atoms with E-state index in [4.69, 9.17) is 9.47 Å². The van der Waals surface area contributed by atoms with Crippen molar-refractivity contribution in [1.82, 2.24) is 35.5 Å². The molecule has 0 bridgehead atoms. The quantitative estimate of drug-likeness (QED) is 0.390. The van der Waals surface area contributed by atoms with Crippen molar-refractivity contribution in [3.8, 4) is 5.75 Å². The molecule has 12 nitrogen and oxygen atoms in total. The summed E-state index contributed by atoms with van der Waals surface area (Å²) in [6.07, 6.45) is 4.17. The van der Waals surface area contributed by atoms with Crippen molar-refractivity contribution >= 4 is 17.6 Å².